The van der Waals surface area contributed by atoms with Crippen molar-refractivity contribution >= 4 is 11.7 Å². The molecule has 2 rings (SSSR count). The van der Waals surface area contributed by atoms with Crippen molar-refractivity contribution < 1.29 is 4.79 Å². The first-order valence-electron chi connectivity index (χ1n) is 6.70. The highest BCUT2D eigenvalue weighted by atomic mass is 16.1. The number of aryl methyl sites for hydroxylation is 1. The van der Waals surface area contributed by atoms with Gasteiger partial charge in [0, 0.05) is 18.7 Å². The fraction of sp³-hybridized carbons (Fsp3) is 0.500. The van der Waals surface area contributed by atoms with Crippen molar-refractivity contribution in [1.82, 2.24) is 15.3 Å². The van der Waals surface area contributed by atoms with Crippen LogP contribution in [0.3, 0.4) is 0 Å². The average Bonchev–Trinajstić information content (AvgIpc) is 2.88. The Balaban J connectivity index is 2.09. The van der Waals surface area contributed by atoms with Gasteiger partial charge in [-0.25, -0.2) is 9.97 Å². The van der Waals surface area contributed by atoms with E-state index in [2.05, 4.69) is 27.2 Å². The molecule has 0 unspecified atom stereocenters. The zero-order valence-electron chi connectivity index (χ0n) is 11.3. The summed E-state index contributed by atoms with van der Waals surface area (Å²) >= 11 is 0. The Morgan fingerprint density at radius 1 is 1.47 bits per heavy atom. The first kappa shape index (κ1) is 13.5. The molecule has 0 spiro atoms. The second-order valence-electron chi connectivity index (χ2n) is 4.81. The Morgan fingerprint density at radius 2 is 2.21 bits per heavy atom. The van der Waals surface area contributed by atoms with Crippen molar-refractivity contribution in [3.8, 4) is 0 Å². The number of amides is 1. The van der Waals surface area contributed by atoms with Crippen LogP contribution in [0.25, 0.3) is 0 Å². The molecule has 1 saturated carbocycles. The van der Waals surface area contributed by atoms with Crippen molar-refractivity contribution in [2.24, 2.45) is 0 Å². The van der Waals surface area contributed by atoms with Gasteiger partial charge in [0.1, 0.15) is 17.3 Å². The standard InChI is InChI=1S/C14H20N4O/c1-3-8-15-14(19)12-9-13(17-10(2)16-12)18-11-6-4-5-7-11/h3,9,11H,1,4-8H2,2H3,(H,15,19)(H,16,17,18). The van der Waals surface area contributed by atoms with Crippen LogP contribution in [0, 0.1) is 6.92 Å². The van der Waals surface area contributed by atoms with Crippen LogP contribution in [-0.4, -0.2) is 28.5 Å². The molecule has 5 nitrogen and oxygen atoms in total. The third kappa shape index (κ3) is 3.77. The molecule has 1 heterocycles. The van der Waals surface area contributed by atoms with E-state index < -0.39 is 0 Å². The molecule has 0 aromatic carbocycles. The molecule has 1 aromatic rings. The Morgan fingerprint density at radius 3 is 2.89 bits per heavy atom. The summed E-state index contributed by atoms with van der Waals surface area (Å²) in [4.78, 5) is 20.4. The zero-order chi connectivity index (χ0) is 13.7. The van der Waals surface area contributed by atoms with Crippen molar-refractivity contribution in [1.29, 1.82) is 0 Å². The number of aromatic nitrogens is 2. The van der Waals surface area contributed by atoms with Gasteiger partial charge in [0.2, 0.25) is 0 Å². The molecule has 1 aliphatic rings. The lowest BCUT2D eigenvalue weighted by Gasteiger charge is -2.13. The van der Waals surface area contributed by atoms with Gasteiger partial charge in [0.05, 0.1) is 0 Å². The highest BCUT2D eigenvalue weighted by Crippen LogP contribution is 2.21. The van der Waals surface area contributed by atoms with Gasteiger partial charge in [-0.1, -0.05) is 18.9 Å². The fourth-order valence-electron chi connectivity index (χ4n) is 2.29. The van der Waals surface area contributed by atoms with Gasteiger partial charge in [-0.3, -0.25) is 4.79 Å². The van der Waals surface area contributed by atoms with Gasteiger partial charge in [-0.2, -0.15) is 0 Å². The van der Waals surface area contributed by atoms with Crippen LogP contribution in [-0.2, 0) is 0 Å². The van der Waals surface area contributed by atoms with Crippen LogP contribution in [0.15, 0.2) is 18.7 Å². The predicted molar refractivity (Wildman–Crippen MR) is 75.2 cm³/mol. The molecule has 2 N–H and O–H groups in total. The molecule has 0 atom stereocenters. The molecule has 102 valence electrons. The van der Waals surface area contributed by atoms with Crippen LogP contribution in [0.4, 0.5) is 5.82 Å². The molecule has 5 heteroatoms. The number of nitrogens with one attached hydrogen (secondary N) is 2. The van der Waals surface area contributed by atoms with Crippen LogP contribution in [0.2, 0.25) is 0 Å². The zero-order valence-corrected chi connectivity index (χ0v) is 11.3. The summed E-state index contributed by atoms with van der Waals surface area (Å²) in [6.45, 7) is 5.80. The minimum atomic E-state index is -0.195. The number of hydrogen-bond acceptors (Lipinski definition) is 4. The number of rotatable bonds is 5. The Kier molecular flexibility index (Phi) is 4.49. The summed E-state index contributed by atoms with van der Waals surface area (Å²) in [5, 5.41) is 6.10. The van der Waals surface area contributed by atoms with E-state index in [-0.39, 0.29) is 5.91 Å². The molecule has 1 amide bonds. The third-order valence-electron chi connectivity index (χ3n) is 3.18. The SMILES string of the molecule is C=CCNC(=O)c1cc(NC2CCCC2)nc(C)n1. The second kappa shape index (κ2) is 6.31. The smallest absolute Gasteiger partial charge is 0.270 e. The highest BCUT2D eigenvalue weighted by molar-refractivity contribution is 5.93. The van der Waals surface area contributed by atoms with Gasteiger partial charge >= 0.3 is 0 Å². The summed E-state index contributed by atoms with van der Waals surface area (Å²) < 4.78 is 0. The van der Waals surface area contributed by atoms with E-state index in [9.17, 15) is 4.79 Å². The Labute approximate surface area is 113 Å². The Bertz CT molecular complexity index is 467. The van der Waals surface area contributed by atoms with Gasteiger partial charge in [0.15, 0.2) is 0 Å². The van der Waals surface area contributed by atoms with Gasteiger partial charge in [0.25, 0.3) is 5.91 Å². The maximum atomic E-state index is 11.9. The summed E-state index contributed by atoms with van der Waals surface area (Å²) in [5.41, 5.74) is 0.398. The van der Waals surface area contributed by atoms with Crippen LogP contribution in [0.1, 0.15) is 42.0 Å². The van der Waals surface area contributed by atoms with Gasteiger partial charge in [-0.15, -0.1) is 6.58 Å². The van der Waals surface area contributed by atoms with E-state index in [0.29, 0.717) is 24.1 Å². The minimum Gasteiger partial charge on any atom is -0.367 e. The lowest BCUT2D eigenvalue weighted by Crippen LogP contribution is -2.25. The molecule has 0 saturated heterocycles. The van der Waals surface area contributed by atoms with E-state index in [4.69, 9.17) is 0 Å². The van der Waals surface area contributed by atoms with Crippen molar-refractivity contribution in [2.75, 3.05) is 11.9 Å². The summed E-state index contributed by atoms with van der Waals surface area (Å²) in [7, 11) is 0. The number of carbonyl (C=O) groups excluding carboxylic acids is 1. The Hall–Kier alpha value is -1.91. The van der Waals surface area contributed by atoms with E-state index >= 15 is 0 Å². The largest absolute Gasteiger partial charge is 0.367 e. The van der Waals surface area contributed by atoms with E-state index in [1.807, 2.05) is 0 Å². The maximum absolute atomic E-state index is 11.9. The topological polar surface area (TPSA) is 66.9 Å². The molecule has 0 bridgehead atoms. The van der Waals surface area contributed by atoms with Crippen LogP contribution in [0.5, 0.6) is 0 Å². The molecule has 19 heavy (non-hydrogen) atoms. The van der Waals surface area contributed by atoms with Crippen molar-refractivity contribution in [3.63, 3.8) is 0 Å². The molecule has 0 radical (unpaired) electrons. The van der Waals surface area contributed by atoms with Gasteiger partial charge in [-0.05, 0) is 19.8 Å². The maximum Gasteiger partial charge on any atom is 0.270 e. The second-order valence-corrected chi connectivity index (χ2v) is 4.81. The molecule has 1 fully saturated rings. The van der Waals surface area contributed by atoms with Crippen LogP contribution >= 0.6 is 0 Å². The molecule has 1 aromatic heterocycles. The summed E-state index contributed by atoms with van der Waals surface area (Å²) in [6.07, 6.45) is 6.49. The average molecular weight is 260 g/mol. The molecule has 1 aliphatic carbocycles. The monoisotopic (exact) mass is 260 g/mol. The highest BCUT2D eigenvalue weighted by Gasteiger charge is 2.16. The first-order chi connectivity index (χ1) is 9.19. The number of nitrogens with zero attached hydrogens (tertiary/aromatic N) is 2. The predicted octanol–water partition coefficient (Wildman–Crippen LogP) is 2.06. The normalized spacial score (nSPS) is 15.2. The van der Waals surface area contributed by atoms with Crippen LogP contribution < -0.4 is 10.6 Å². The summed E-state index contributed by atoms with van der Waals surface area (Å²) in [6, 6.07) is 2.18. The van der Waals surface area contributed by atoms with Crippen molar-refractivity contribution in [2.45, 2.75) is 38.6 Å². The summed E-state index contributed by atoms with van der Waals surface area (Å²) in [5.74, 6) is 1.15. The lowest BCUT2D eigenvalue weighted by molar-refractivity contribution is 0.0952. The van der Waals surface area contributed by atoms with E-state index in [0.717, 1.165) is 5.82 Å². The molecule has 0 aliphatic heterocycles. The minimum absolute atomic E-state index is 0.195. The molecular formula is C14H20N4O. The first-order valence-corrected chi connectivity index (χ1v) is 6.70. The van der Waals surface area contributed by atoms with E-state index in [1.165, 1.54) is 25.7 Å². The third-order valence-corrected chi connectivity index (χ3v) is 3.18. The van der Waals surface area contributed by atoms with E-state index in [1.54, 1.807) is 19.1 Å². The quantitative estimate of drug-likeness (QED) is 0.795. The number of carbonyl (C=O) groups is 1. The molecular weight excluding hydrogens is 240 g/mol. The fourth-order valence-corrected chi connectivity index (χ4v) is 2.29. The number of anilines is 1. The number of hydrogen-bond donors (Lipinski definition) is 2. The van der Waals surface area contributed by atoms with Gasteiger partial charge < -0.3 is 10.6 Å². The lowest BCUT2D eigenvalue weighted by atomic mass is 10.2. The van der Waals surface area contributed by atoms with Crippen molar-refractivity contribution in [3.05, 3.63) is 30.2 Å².